The van der Waals surface area contributed by atoms with E-state index in [2.05, 4.69) is 26.0 Å². The summed E-state index contributed by atoms with van der Waals surface area (Å²) in [5.41, 5.74) is 11.2. The fourth-order valence-corrected chi connectivity index (χ4v) is 1.97. The Bertz CT molecular complexity index is 333. The van der Waals surface area contributed by atoms with Gasteiger partial charge in [-0.2, -0.15) is 0 Å². The second-order valence-corrected chi connectivity index (χ2v) is 3.71. The zero-order valence-electron chi connectivity index (χ0n) is 8.13. The Morgan fingerprint density at radius 2 is 2.00 bits per heavy atom. The third kappa shape index (κ3) is 1.36. The van der Waals surface area contributed by atoms with E-state index in [0.717, 1.165) is 6.61 Å². The van der Waals surface area contributed by atoms with Gasteiger partial charge in [0.1, 0.15) is 0 Å². The summed E-state index contributed by atoms with van der Waals surface area (Å²) >= 11 is 0. The monoisotopic (exact) mass is 177 g/mol. The number of aryl methyl sites for hydroxylation is 2. The van der Waals surface area contributed by atoms with Gasteiger partial charge in [0.15, 0.2) is 0 Å². The molecule has 0 saturated carbocycles. The van der Waals surface area contributed by atoms with Crippen LogP contribution in [0, 0.1) is 13.8 Å². The minimum absolute atomic E-state index is 0.0589. The van der Waals surface area contributed by atoms with Crippen molar-refractivity contribution in [2.45, 2.75) is 26.5 Å². The Morgan fingerprint density at radius 1 is 1.31 bits per heavy atom. The van der Waals surface area contributed by atoms with Crippen molar-refractivity contribution in [1.29, 1.82) is 0 Å². The maximum Gasteiger partial charge on any atom is 0.0723 e. The minimum atomic E-state index is 0.0589. The first-order chi connectivity index (χ1) is 6.20. The van der Waals surface area contributed by atoms with Gasteiger partial charge in [0.2, 0.25) is 0 Å². The number of hydrogen-bond acceptors (Lipinski definition) is 2. The average molecular weight is 177 g/mol. The molecule has 0 aliphatic carbocycles. The van der Waals surface area contributed by atoms with Gasteiger partial charge in [-0.15, -0.1) is 0 Å². The first kappa shape index (κ1) is 8.73. The summed E-state index contributed by atoms with van der Waals surface area (Å²) in [5, 5.41) is 0. The van der Waals surface area contributed by atoms with Crippen LogP contribution in [0.15, 0.2) is 12.1 Å². The largest absolute Gasteiger partial charge is 0.375 e. The zero-order chi connectivity index (χ0) is 9.42. The minimum Gasteiger partial charge on any atom is -0.375 e. The summed E-state index contributed by atoms with van der Waals surface area (Å²) < 4.78 is 5.42. The molecular weight excluding hydrogens is 162 g/mol. The highest BCUT2D eigenvalue weighted by atomic mass is 16.5. The molecule has 0 saturated heterocycles. The first-order valence-electron chi connectivity index (χ1n) is 4.62. The van der Waals surface area contributed by atoms with Crippen molar-refractivity contribution in [3.8, 4) is 0 Å². The predicted molar refractivity (Wildman–Crippen MR) is 52.5 cm³/mol. The van der Waals surface area contributed by atoms with E-state index in [-0.39, 0.29) is 6.04 Å². The molecule has 1 aromatic carbocycles. The normalized spacial score (nSPS) is 21.3. The van der Waals surface area contributed by atoms with Gasteiger partial charge in [-0.05, 0) is 36.1 Å². The van der Waals surface area contributed by atoms with Crippen LogP contribution in [0.2, 0.25) is 0 Å². The predicted octanol–water partition coefficient (Wildman–Crippen LogP) is 1.83. The van der Waals surface area contributed by atoms with Crippen LogP contribution >= 0.6 is 0 Å². The van der Waals surface area contributed by atoms with E-state index in [0.29, 0.717) is 6.61 Å². The van der Waals surface area contributed by atoms with E-state index in [9.17, 15) is 0 Å². The number of fused-ring (bicyclic) bond motifs is 1. The Kier molecular flexibility index (Phi) is 2.10. The van der Waals surface area contributed by atoms with Crippen molar-refractivity contribution in [1.82, 2.24) is 0 Å². The van der Waals surface area contributed by atoms with Crippen LogP contribution in [0.3, 0.4) is 0 Å². The van der Waals surface area contributed by atoms with E-state index < -0.39 is 0 Å². The van der Waals surface area contributed by atoms with Crippen LogP contribution in [0.1, 0.15) is 28.3 Å². The maximum atomic E-state index is 5.99. The molecule has 0 radical (unpaired) electrons. The molecule has 0 unspecified atom stereocenters. The highest BCUT2D eigenvalue weighted by Gasteiger charge is 2.20. The van der Waals surface area contributed by atoms with E-state index in [1.165, 1.54) is 22.3 Å². The molecule has 2 N–H and O–H groups in total. The average Bonchev–Trinajstić information content (AvgIpc) is 2.12. The lowest BCUT2D eigenvalue weighted by Crippen LogP contribution is -2.25. The van der Waals surface area contributed by atoms with E-state index >= 15 is 0 Å². The molecule has 1 aliphatic rings. The molecule has 1 aliphatic heterocycles. The molecule has 70 valence electrons. The molecule has 2 nitrogen and oxygen atoms in total. The van der Waals surface area contributed by atoms with E-state index in [1.807, 2.05) is 0 Å². The van der Waals surface area contributed by atoms with Gasteiger partial charge >= 0.3 is 0 Å². The van der Waals surface area contributed by atoms with Crippen molar-refractivity contribution in [2.75, 3.05) is 6.61 Å². The first-order valence-corrected chi connectivity index (χ1v) is 4.62. The third-order valence-corrected chi connectivity index (χ3v) is 2.72. The van der Waals surface area contributed by atoms with Gasteiger partial charge in [0, 0.05) is 0 Å². The number of ether oxygens (including phenoxy) is 1. The van der Waals surface area contributed by atoms with Gasteiger partial charge in [-0.1, -0.05) is 12.1 Å². The van der Waals surface area contributed by atoms with E-state index in [4.69, 9.17) is 10.5 Å². The lowest BCUT2D eigenvalue weighted by atomic mass is 9.91. The van der Waals surface area contributed by atoms with Crippen molar-refractivity contribution in [2.24, 2.45) is 5.73 Å². The summed E-state index contributed by atoms with van der Waals surface area (Å²) in [5.74, 6) is 0. The molecule has 0 amide bonds. The lowest BCUT2D eigenvalue weighted by molar-refractivity contribution is 0.0916. The van der Waals surface area contributed by atoms with Crippen molar-refractivity contribution in [3.05, 3.63) is 34.4 Å². The smallest absolute Gasteiger partial charge is 0.0723 e. The number of hydrogen-bond donors (Lipinski definition) is 1. The topological polar surface area (TPSA) is 35.2 Å². The van der Waals surface area contributed by atoms with Gasteiger partial charge in [-0.25, -0.2) is 0 Å². The Balaban J connectivity index is 2.60. The van der Waals surface area contributed by atoms with Crippen LogP contribution < -0.4 is 5.73 Å². The summed E-state index contributed by atoms with van der Waals surface area (Å²) in [6.07, 6.45) is 0. The summed E-state index contributed by atoms with van der Waals surface area (Å²) in [6, 6.07) is 4.33. The SMILES string of the molecule is Cc1ccc(C)c2c1COC[C@H]2N. The van der Waals surface area contributed by atoms with Crippen LogP contribution in [0.25, 0.3) is 0 Å². The maximum absolute atomic E-state index is 5.99. The molecule has 0 aromatic heterocycles. The van der Waals surface area contributed by atoms with Crippen molar-refractivity contribution >= 4 is 0 Å². The van der Waals surface area contributed by atoms with Gasteiger partial charge in [-0.3, -0.25) is 0 Å². The second-order valence-electron chi connectivity index (χ2n) is 3.71. The molecule has 2 heteroatoms. The van der Waals surface area contributed by atoms with Gasteiger partial charge < -0.3 is 10.5 Å². The Morgan fingerprint density at radius 3 is 2.69 bits per heavy atom. The fourth-order valence-electron chi connectivity index (χ4n) is 1.97. The van der Waals surface area contributed by atoms with Gasteiger partial charge in [0.05, 0.1) is 19.3 Å². The van der Waals surface area contributed by atoms with Crippen LogP contribution in [0.5, 0.6) is 0 Å². The number of rotatable bonds is 0. The number of benzene rings is 1. The summed E-state index contributed by atoms with van der Waals surface area (Å²) in [4.78, 5) is 0. The van der Waals surface area contributed by atoms with Crippen LogP contribution in [-0.4, -0.2) is 6.61 Å². The zero-order valence-corrected chi connectivity index (χ0v) is 8.13. The lowest BCUT2D eigenvalue weighted by Gasteiger charge is -2.26. The third-order valence-electron chi connectivity index (χ3n) is 2.72. The van der Waals surface area contributed by atoms with Crippen LogP contribution in [0.4, 0.5) is 0 Å². The fraction of sp³-hybridized carbons (Fsp3) is 0.455. The quantitative estimate of drug-likeness (QED) is 0.656. The molecule has 1 aromatic rings. The molecular formula is C11H15NO. The Hall–Kier alpha value is -0.860. The van der Waals surface area contributed by atoms with Crippen LogP contribution in [-0.2, 0) is 11.3 Å². The molecule has 13 heavy (non-hydrogen) atoms. The van der Waals surface area contributed by atoms with Crippen molar-refractivity contribution < 1.29 is 4.74 Å². The van der Waals surface area contributed by atoms with E-state index in [1.54, 1.807) is 0 Å². The highest BCUT2D eigenvalue weighted by Crippen LogP contribution is 2.28. The van der Waals surface area contributed by atoms with Crippen molar-refractivity contribution in [3.63, 3.8) is 0 Å². The molecule has 0 spiro atoms. The molecule has 0 bridgehead atoms. The highest BCUT2D eigenvalue weighted by molar-refractivity contribution is 5.42. The summed E-state index contributed by atoms with van der Waals surface area (Å²) in [7, 11) is 0. The molecule has 0 fully saturated rings. The molecule has 1 atom stereocenters. The standard InChI is InChI=1S/C11H15NO/c1-7-3-4-8(2)11-9(7)5-13-6-10(11)12/h3-4,10H,5-6,12H2,1-2H3/t10-/m1/s1. The second kappa shape index (κ2) is 3.13. The molecule has 2 rings (SSSR count). The Labute approximate surface area is 78.7 Å². The van der Waals surface area contributed by atoms with Gasteiger partial charge in [0.25, 0.3) is 0 Å². The summed E-state index contributed by atoms with van der Waals surface area (Å²) in [6.45, 7) is 5.59. The molecule has 1 heterocycles. The number of nitrogens with two attached hydrogens (primary N) is 1.